The van der Waals surface area contributed by atoms with Crippen LogP contribution in [-0.2, 0) is 28.5 Å². The summed E-state index contributed by atoms with van der Waals surface area (Å²) in [6.45, 7) is 12.3. The van der Waals surface area contributed by atoms with E-state index in [0.29, 0.717) is 46.6 Å². The van der Waals surface area contributed by atoms with Crippen molar-refractivity contribution < 1.29 is 14.3 Å². The third-order valence-electron chi connectivity index (χ3n) is 6.59. The number of likely N-dealkylation sites (tertiary alicyclic amines) is 1. The summed E-state index contributed by atoms with van der Waals surface area (Å²) in [5, 5.41) is 15.2. The highest BCUT2D eigenvalue weighted by atomic mass is 35.5. The molecule has 1 fully saturated rings. The average molecular weight is 530 g/mol. The van der Waals surface area contributed by atoms with Crippen LogP contribution in [0.2, 0.25) is 5.02 Å². The molecule has 2 atom stereocenters. The Morgan fingerprint density at radius 2 is 2.03 bits per heavy atom. The maximum absolute atomic E-state index is 13.2. The van der Waals surface area contributed by atoms with Crippen LogP contribution < -0.4 is 16.4 Å². The Morgan fingerprint density at radius 3 is 2.62 bits per heavy atom. The number of ether oxygens (including phenoxy) is 1. The normalized spacial score (nSPS) is 17.5. The van der Waals surface area contributed by atoms with E-state index in [1.807, 2.05) is 26.8 Å². The van der Waals surface area contributed by atoms with Crippen molar-refractivity contribution >= 4 is 34.9 Å². The molecule has 1 aliphatic rings. The van der Waals surface area contributed by atoms with Crippen LogP contribution in [0.25, 0.3) is 0 Å². The lowest BCUT2D eigenvalue weighted by Crippen LogP contribution is -2.44. The molecule has 10 nitrogen and oxygen atoms in total. The molecular weight excluding hydrogens is 494 g/mol. The van der Waals surface area contributed by atoms with Gasteiger partial charge in [-0.3, -0.25) is 15.0 Å². The average Bonchev–Trinajstić information content (AvgIpc) is 3.35. The van der Waals surface area contributed by atoms with Crippen molar-refractivity contribution in [3.05, 3.63) is 58.1 Å². The van der Waals surface area contributed by atoms with Crippen molar-refractivity contribution in [3.63, 3.8) is 0 Å². The van der Waals surface area contributed by atoms with Gasteiger partial charge >= 0.3 is 0 Å². The van der Waals surface area contributed by atoms with Crippen molar-refractivity contribution in [2.24, 2.45) is 7.05 Å². The number of methoxy groups -OCH3 is 1. The molecule has 0 bridgehead atoms. The first-order valence-corrected chi connectivity index (χ1v) is 12.4. The summed E-state index contributed by atoms with van der Waals surface area (Å²) < 4.78 is 7.18. The second-order valence-electron chi connectivity index (χ2n) is 10.2. The zero-order valence-electron chi connectivity index (χ0n) is 22.2. The Labute approximate surface area is 222 Å². The van der Waals surface area contributed by atoms with Crippen LogP contribution in [-0.4, -0.2) is 64.4 Å². The van der Waals surface area contributed by atoms with Gasteiger partial charge in [-0.15, -0.1) is 0 Å². The number of nitrogens with zero attached hydrogens (tertiary/aromatic N) is 3. The number of imidazole rings is 1. The molecule has 2 heterocycles. The van der Waals surface area contributed by atoms with E-state index in [-0.39, 0.29) is 41.8 Å². The number of anilines is 1. The van der Waals surface area contributed by atoms with Crippen LogP contribution in [0, 0.1) is 12.3 Å². The first-order valence-electron chi connectivity index (χ1n) is 12.0. The Morgan fingerprint density at radius 1 is 1.35 bits per heavy atom. The van der Waals surface area contributed by atoms with E-state index in [0.717, 1.165) is 5.56 Å². The topological polar surface area (TPSA) is 138 Å². The van der Waals surface area contributed by atoms with Crippen molar-refractivity contribution in [2.45, 2.75) is 51.8 Å². The Kier molecular flexibility index (Phi) is 8.34. The summed E-state index contributed by atoms with van der Waals surface area (Å²) in [5.41, 5.74) is 8.74. The number of carbonyl (C=O) groups excluding carboxylic acids is 2. The first-order chi connectivity index (χ1) is 17.3. The number of amides is 2. The molecule has 37 heavy (non-hydrogen) atoms. The molecule has 1 aromatic heterocycles. The number of aryl methyl sites for hydroxylation is 1. The zero-order valence-corrected chi connectivity index (χ0v) is 23.0. The molecular formula is C26H36ClN7O3. The van der Waals surface area contributed by atoms with Crippen LogP contribution in [0.1, 0.15) is 53.9 Å². The number of amidine groups is 1. The predicted molar refractivity (Wildman–Crippen MR) is 145 cm³/mol. The number of carbonyl (C=O) groups is 2. The van der Waals surface area contributed by atoms with Crippen LogP contribution >= 0.6 is 11.6 Å². The molecule has 1 aromatic carbocycles. The van der Waals surface area contributed by atoms with Gasteiger partial charge in [-0.2, -0.15) is 0 Å². The Bertz CT molecular complexity index is 1230. The molecule has 200 valence electrons. The number of halogens is 1. The lowest BCUT2D eigenvalue weighted by molar-refractivity contribution is -0.125. The van der Waals surface area contributed by atoms with Gasteiger partial charge in [0.1, 0.15) is 17.4 Å². The molecule has 0 saturated carbocycles. The lowest BCUT2D eigenvalue weighted by atomic mass is 9.85. The summed E-state index contributed by atoms with van der Waals surface area (Å²) in [4.78, 5) is 31.3. The van der Waals surface area contributed by atoms with Crippen LogP contribution in [0.4, 0.5) is 5.69 Å². The fraction of sp³-hybridized carbons (Fsp3) is 0.462. The number of aromatic nitrogens is 2. The minimum Gasteiger partial charge on any atom is -0.398 e. The van der Waals surface area contributed by atoms with Crippen LogP contribution in [0.15, 0.2) is 24.8 Å². The first kappa shape index (κ1) is 28.2. The minimum absolute atomic E-state index is 0.132. The molecule has 11 heteroatoms. The molecule has 2 amide bonds. The zero-order chi connectivity index (χ0) is 27.7. The van der Waals surface area contributed by atoms with E-state index in [1.165, 1.54) is 6.08 Å². The largest absolute Gasteiger partial charge is 0.398 e. The predicted octanol–water partition coefficient (Wildman–Crippen LogP) is 2.52. The summed E-state index contributed by atoms with van der Waals surface area (Å²) in [5.74, 6) is 0.189. The highest BCUT2D eigenvalue weighted by Gasteiger charge is 2.36. The fourth-order valence-electron chi connectivity index (χ4n) is 4.51. The highest BCUT2D eigenvalue weighted by molar-refractivity contribution is 6.32. The van der Waals surface area contributed by atoms with Crippen LogP contribution in [0.3, 0.4) is 0 Å². The Balaban J connectivity index is 1.74. The van der Waals surface area contributed by atoms with Gasteiger partial charge in [0, 0.05) is 43.5 Å². The van der Waals surface area contributed by atoms with E-state index in [1.54, 1.807) is 36.6 Å². The molecule has 3 rings (SSSR count). The number of rotatable bonds is 7. The van der Waals surface area contributed by atoms with Crippen molar-refractivity contribution in [3.8, 4) is 0 Å². The molecule has 5 N–H and O–H groups in total. The van der Waals surface area contributed by atoms with Gasteiger partial charge in [0.25, 0.3) is 5.91 Å². The quantitative estimate of drug-likeness (QED) is 0.188. The van der Waals surface area contributed by atoms with Crippen LogP contribution in [0.5, 0.6) is 0 Å². The maximum atomic E-state index is 13.2. The number of nitrogens with two attached hydrogens (primary N) is 1. The molecule has 0 unspecified atom stereocenters. The van der Waals surface area contributed by atoms with Gasteiger partial charge < -0.3 is 30.6 Å². The van der Waals surface area contributed by atoms with Crippen molar-refractivity contribution in [1.29, 1.82) is 5.41 Å². The van der Waals surface area contributed by atoms with Gasteiger partial charge in [-0.1, -0.05) is 39.0 Å². The number of nitrogens with one attached hydrogen (secondary N) is 3. The Hall–Kier alpha value is -3.37. The third-order valence-corrected chi connectivity index (χ3v) is 6.90. The van der Waals surface area contributed by atoms with Crippen molar-refractivity contribution in [2.75, 3.05) is 25.9 Å². The number of benzene rings is 1. The number of hydrogen-bond acceptors (Lipinski definition) is 6. The summed E-state index contributed by atoms with van der Waals surface area (Å²) in [6.07, 6.45) is 0.923. The smallest absolute Gasteiger partial charge is 0.270 e. The van der Waals surface area contributed by atoms with Gasteiger partial charge in [-0.05, 0) is 36.1 Å². The molecule has 1 saturated heterocycles. The van der Waals surface area contributed by atoms with E-state index in [2.05, 4.69) is 22.2 Å². The van der Waals surface area contributed by atoms with E-state index in [4.69, 9.17) is 27.5 Å². The summed E-state index contributed by atoms with van der Waals surface area (Å²) in [6, 6.07) is 3.14. The third kappa shape index (κ3) is 5.97. The van der Waals surface area contributed by atoms with E-state index >= 15 is 0 Å². The minimum atomic E-state index is -0.365. The highest BCUT2D eigenvalue weighted by Crippen LogP contribution is 2.33. The maximum Gasteiger partial charge on any atom is 0.270 e. The summed E-state index contributed by atoms with van der Waals surface area (Å²) >= 11 is 6.39. The molecule has 0 radical (unpaired) electrons. The molecule has 1 aliphatic heterocycles. The second kappa shape index (κ2) is 10.9. The van der Waals surface area contributed by atoms with Gasteiger partial charge in [0.2, 0.25) is 5.91 Å². The van der Waals surface area contributed by atoms with E-state index < -0.39 is 0 Å². The molecule has 2 aromatic rings. The van der Waals surface area contributed by atoms with Gasteiger partial charge in [-0.25, -0.2) is 4.98 Å². The van der Waals surface area contributed by atoms with Gasteiger partial charge in [0.15, 0.2) is 0 Å². The standard InChI is InChI=1S/C26H36ClN7O3/c1-8-22(35)34-12-19(20(13-34)37-7)32-25(36)23-14(2)31-21(33(23)6)11-30-24(29)15-9-16(26(3,4)5)17(27)10-18(15)28/h8-10,19-20H,1,11-13,28H2,2-7H3,(H2,29,30)(H,32,36)/t19-,20-/m0/s1. The number of hydrogen-bond donors (Lipinski definition) is 4. The monoisotopic (exact) mass is 529 g/mol. The second-order valence-corrected chi connectivity index (χ2v) is 10.6. The van der Waals surface area contributed by atoms with Crippen molar-refractivity contribution in [1.82, 2.24) is 25.1 Å². The summed E-state index contributed by atoms with van der Waals surface area (Å²) in [7, 11) is 3.30. The number of nitrogen functional groups attached to an aromatic ring is 1. The SMILES string of the molecule is C=CC(=O)N1C[C@H](NC(=O)c2c(C)nc(CNC(=N)c3cc(C(C)(C)C)c(Cl)cc3N)n2C)[C@@H](OC)C1. The molecule has 0 aliphatic carbocycles. The molecule has 0 spiro atoms. The fourth-order valence-corrected chi connectivity index (χ4v) is 4.96. The lowest BCUT2D eigenvalue weighted by Gasteiger charge is -2.23. The van der Waals surface area contributed by atoms with Gasteiger partial charge in [0.05, 0.1) is 24.4 Å². The van der Waals surface area contributed by atoms with E-state index in [9.17, 15) is 9.59 Å².